The highest BCUT2D eigenvalue weighted by Gasteiger charge is 2.14. The Morgan fingerprint density at radius 2 is 1.95 bits per heavy atom. The minimum absolute atomic E-state index is 0.0903. The molecular weight excluding hydrogens is 400 g/mol. The number of hydrogen-bond donors (Lipinski definition) is 0. The predicted molar refractivity (Wildman–Crippen MR) is 81.2 cm³/mol. The maximum absolute atomic E-state index is 13.8. The topological polar surface area (TPSA) is 3.24 Å². The van der Waals surface area contributed by atoms with Crippen LogP contribution in [-0.4, -0.2) is 11.9 Å². The van der Waals surface area contributed by atoms with E-state index in [0.717, 1.165) is 9.35 Å². The van der Waals surface area contributed by atoms with E-state index >= 15 is 0 Å². The maximum Gasteiger partial charge on any atom is 0.144 e. The van der Waals surface area contributed by atoms with Gasteiger partial charge in [0.1, 0.15) is 11.6 Å². The molecule has 0 aliphatic heterocycles. The van der Waals surface area contributed by atoms with E-state index in [4.69, 9.17) is 0 Å². The zero-order valence-electron chi connectivity index (χ0n) is 10.1. The van der Waals surface area contributed by atoms with Gasteiger partial charge in [0.25, 0.3) is 0 Å². The second-order valence-corrected chi connectivity index (χ2v) is 6.99. The molecular formula is C13H11Br2F2NS. The lowest BCUT2D eigenvalue weighted by molar-refractivity contribution is 0.309. The Balaban J connectivity index is 2.11. The van der Waals surface area contributed by atoms with Gasteiger partial charge in [0.05, 0.1) is 4.47 Å². The summed E-state index contributed by atoms with van der Waals surface area (Å²) in [6, 6.07) is 4.66. The fraction of sp³-hybridized carbons (Fsp3) is 0.231. The zero-order chi connectivity index (χ0) is 14.0. The van der Waals surface area contributed by atoms with Crippen molar-refractivity contribution in [3.05, 3.63) is 54.6 Å². The SMILES string of the molecule is CN(Cc1cc(Br)cs1)Cc1c(F)ccc(Br)c1F. The van der Waals surface area contributed by atoms with Gasteiger partial charge in [-0.2, -0.15) is 0 Å². The largest absolute Gasteiger partial charge is 0.297 e. The van der Waals surface area contributed by atoms with Crippen molar-refractivity contribution < 1.29 is 8.78 Å². The fourth-order valence-electron chi connectivity index (χ4n) is 1.74. The standard InChI is InChI=1S/C13H11Br2F2NS/c1-18(5-9-4-8(14)7-19-9)6-10-12(16)3-2-11(15)13(10)17/h2-4,7H,5-6H2,1H3. The smallest absolute Gasteiger partial charge is 0.144 e. The van der Waals surface area contributed by atoms with Crippen LogP contribution in [0.4, 0.5) is 8.78 Å². The van der Waals surface area contributed by atoms with Crippen LogP contribution in [-0.2, 0) is 13.1 Å². The van der Waals surface area contributed by atoms with Crippen molar-refractivity contribution in [2.75, 3.05) is 7.05 Å². The Bertz CT molecular complexity index is 586. The van der Waals surface area contributed by atoms with Crippen LogP contribution in [0.3, 0.4) is 0 Å². The molecule has 102 valence electrons. The van der Waals surface area contributed by atoms with Gasteiger partial charge in [0.2, 0.25) is 0 Å². The molecule has 1 aromatic heterocycles. The lowest BCUT2D eigenvalue weighted by Gasteiger charge is -2.17. The zero-order valence-corrected chi connectivity index (χ0v) is 14.1. The number of halogens is 4. The normalized spacial score (nSPS) is 11.3. The Morgan fingerprint density at radius 1 is 1.21 bits per heavy atom. The van der Waals surface area contributed by atoms with Crippen LogP contribution in [0, 0.1) is 11.6 Å². The quantitative estimate of drug-likeness (QED) is 0.627. The number of thiophene rings is 1. The van der Waals surface area contributed by atoms with Crippen LogP contribution in [0.5, 0.6) is 0 Å². The first kappa shape index (κ1) is 15.1. The van der Waals surface area contributed by atoms with Gasteiger partial charge in [-0.3, -0.25) is 4.90 Å². The Hall–Kier alpha value is -0.300. The summed E-state index contributed by atoms with van der Waals surface area (Å²) in [4.78, 5) is 3.02. The average molecular weight is 411 g/mol. The second kappa shape index (κ2) is 6.43. The molecule has 0 atom stereocenters. The van der Waals surface area contributed by atoms with Crippen molar-refractivity contribution >= 4 is 43.2 Å². The van der Waals surface area contributed by atoms with Gasteiger partial charge in [0.15, 0.2) is 0 Å². The van der Waals surface area contributed by atoms with Crippen molar-refractivity contribution in [2.24, 2.45) is 0 Å². The summed E-state index contributed by atoms with van der Waals surface area (Å²) in [5.74, 6) is -1.04. The van der Waals surface area contributed by atoms with Gasteiger partial charge < -0.3 is 0 Å². The Labute approximate surface area is 131 Å². The van der Waals surface area contributed by atoms with Crippen LogP contribution in [0.1, 0.15) is 10.4 Å². The van der Waals surface area contributed by atoms with Crippen molar-refractivity contribution in [2.45, 2.75) is 13.1 Å². The van der Waals surface area contributed by atoms with Gasteiger partial charge in [-0.15, -0.1) is 11.3 Å². The molecule has 19 heavy (non-hydrogen) atoms. The lowest BCUT2D eigenvalue weighted by Crippen LogP contribution is -2.18. The summed E-state index contributed by atoms with van der Waals surface area (Å²) < 4.78 is 28.8. The summed E-state index contributed by atoms with van der Waals surface area (Å²) in [5.41, 5.74) is 0.0903. The molecule has 0 N–H and O–H groups in total. The number of benzene rings is 1. The molecule has 0 bridgehead atoms. The Morgan fingerprint density at radius 3 is 2.58 bits per heavy atom. The molecule has 0 aliphatic carbocycles. The first-order chi connectivity index (χ1) is 8.97. The fourth-order valence-corrected chi connectivity index (χ4v) is 3.64. The van der Waals surface area contributed by atoms with Gasteiger partial charge >= 0.3 is 0 Å². The van der Waals surface area contributed by atoms with E-state index in [2.05, 4.69) is 31.9 Å². The van der Waals surface area contributed by atoms with Crippen LogP contribution in [0.15, 0.2) is 32.5 Å². The van der Waals surface area contributed by atoms with E-state index in [1.54, 1.807) is 11.3 Å². The highest BCUT2D eigenvalue weighted by atomic mass is 79.9. The molecule has 0 saturated heterocycles. The van der Waals surface area contributed by atoms with Gasteiger partial charge in [-0.25, -0.2) is 8.78 Å². The molecule has 0 radical (unpaired) electrons. The third-order valence-electron chi connectivity index (χ3n) is 2.61. The molecule has 0 unspecified atom stereocenters. The third kappa shape index (κ3) is 3.84. The van der Waals surface area contributed by atoms with E-state index < -0.39 is 11.6 Å². The number of rotatable bonds is 4. The minimum atomic E-state index is -0.529. The van der Waals surface area contributed by atoms with Gasteiger partial charge in [-0.1, -0.05) is 0 Å². The lowest BCUT2D eigenvalue weighted by atomic mass is 10.2. The summed E-state index contributed by atoms with van der Waals surface area (Å²) in [7, 11) is 1.84. The van der Waals surface area contributed by atoms with E-state index in [1.165, 1.54) is 12.1 Å². The third-order valence-corrected chi connectivity index (χ3v) is 4.91. The van der Waals surface area contributed by atoms with Crippen molar-refractivity contribution in [3.63, 3.8) is 0 Å². The van der Waals surface area contributed by atoms with Crippen molar-refractivity contribution in [1.29, 1.82) is 0 Å². The van der Waals surface area contributed by atoms with Crippen LogP contribution in [0.25, 0.3) is 0 Å². The highest BCUT2D eigenvalue weighted by molar-refractivity contribution is 9.10. The molecule has 0 fully saturated rings. The molecule has 1 nitrogen and oxygen atoms in total. The van der Waals surface area contributed by atoms with Crippen LogP contribution >= 0.6 is 43.2 Å². The van der Waals surface area contributed by atoms with Crippen molar-refractivity contribution in [3.8, 4) is 0 Å². The highest BCUT2D eigenvalue weighted by Crippen LogP contribution is 2.24. The van der Waals surface area contributed by atoms with E-state index in [9.17, 15) is 8.78 Å². The van der Waals surface area contributed by atoms with Crippen LogP contribution < -0.4 is 0 Å². The van der Waals surface area contributed by atoms with Crippen molar-refractivity contribution in [1.82, 2.24) is 4.90 Å². The maximum atomic E-state index is 13.8. The average Bonchev–Trinajstić information content (AvgIpc) is 2.75. The molecule has 2 rings (SSSR count). The monoisotopic (exact) mass is 409 g/mol. The van der Waals surface area contributed by atoms with Crippen LogP contribution in [0.2, 0.25) is 0 Å². The van der Waals surface area contributed by atoms with Gasteiger partial charge in [0, 0.05) is 33.4 Å². The Kier molecular flexibility index (Phi) is 5.11. The molecule has 1 heterocycles. The predicted octanol–water partition coefficient (Wildman–Crippen LogP) is 5.18. The molecule has 0 spiro atoms. The molecule has 2 aromatic rings. The molecule has 1 aromatic carbocycles. The second-order valence-electron chi connectivity index (χ2n) is 4.23. The van der Waals surface area contributed by atoms with Gasteiger partial charge in [-0.05, 0) is 57.1 Å². The summed E-state index contributed by atoms with van der Waals surface area (Å²) in [6.45, 7) is 0.883. The molecule has 0 amide bonds. The van der Waals surface area contributed by atoms with E-state index in [-0.39, 0.29) is 16.6 Å². The number of nitrogens with zero attached hydrogens (tertiary/aromatic N) is 1. The first-order valence-corrected chi connectivity index (χ1v) is 7.97. The first-order valence-electron chi connectivity index (χ1n) is 5.51. The van der Waals surface area contributed by atoms with E-state index in [0.29, 0.717) is 6.54 Å². The molecule has 0 saturated carbocycles. The summed E-state index contributed by atoms with van der Waals surface area (Å²) >= 11 is 8.08. The summed E-state index contributed by atoms with van der Waals surface area (Å²) in [5, 5.41) is 1.99. The minimum Gasteiger partial charge on any atom is -0.297 e. The molecule has 6 heteroatoms. The van der Waals surface area contributed by atoms with E-state index in [1.807, 2.05) is 23.4 Å². The summed E-state index contributed by atoms with van der Waals surface area (Å²) in [6.07, 6.45) is 0. The molecule has 0 aliphatic rings. The number of hydrogen-bond acceptors (Lipinski definition) is 2.